The van der Waals surface area contributed by atoms with E-state index in [-0.39, 0.29) is 5.11 Å². The van der Waals surface area contributed by atoms with Crippen molar-refractivity contribution in [2.24, 2.45) is 0 Å². The molecular weight excluding hydrogens is 517 g/mol. The number of anilines is 2. The summed E-state index contributed by atoms with van der Waals surface area (Å²) in [5, 5.41) is 7.33. The molecule has 0 radical (unpaired) electrons. The van der Waals surface area contributed by atoms with E-state index in [4.69, 9.17) is 56.2 Å². The molecule has 0 spiro atoms. The summed E-state index contributed by atoms with van der Waals surface area (Å²) in [4.78, 5) is 14.4. The van der Waals surface area contributed by atoms with Crippen LogP contribution >= 0.6 is 47.0 Å². The normalized spacial score (nSPS) is 13.8. The Morgan fingerprint density at radius 1 is 1.00 bits per heavy atom. The van der Waals surface area contributed by atoms with Crippen LogP contribution in [0.3, 0.4) is 0 Å². The van der Waals surface area contributed by atoms with Crippen LogP contribution in [0.2, 0.25) is 15.1 Å². The number of benzene rings is 2. The Balaban J connectivity index is 1.32. The van der Waals surface area contributed by atoms with Crippen molar-refractivity contribution in [3.05, 3.63) is 75.4 Å². The number of morpholine rings is 1. The van der Waals surface area contributed by atoms with E-state index in [0.717, 1.165) is 24.3 Å². The Hall–Kier alpha value is -2.55. The average molecular weight is 537 g/mol. The van der Waals surface area contributed by atoms with Crippen LogP contribution in [0.1, 0.15) is 5.76 Å². The maximum Gasteiger partial charge on any atom is 0.250 e. The van der Waals surface area contributed by atoms with Gasteiger partial charge in [0.15, 0.2) is 5.11 Å². The minimum Gasteiger partial charge on any atom is -0.457 e. The van der Waals surface area contributed by atoms with Crippen LogP contribution in [0.15, 0.2) is 59.0 Å². The van der Waals surface area contributed by atoms with Crippen molar-refractivity contribution in [2.45, 2.75) is 0 Å². The predicted molar refractivity (Wildman–Crippen MR) is 142 cm³/mol. The molecule has 0 saturated carbocycles. The second-order valence-electron chi connectivity index (χ2n) is 7.40. The molecule has 2 aromatic carbocycles. The summed E-state index contributed by atoms with van der Waals surface area (Å²) in [6.07, 6.45) is 2.87. The number of amides is 1. The summed E-state index contributed by atoms with van der Waals surface area (Å²) in [6.45, 7) is 2.93. The highest BCUT2D eigenvalue weighted by Gasteiger charge is 2.15. The number of furan rings is 1. The van der Waals surface area contributed by atoms with Gasteiger partial charge in [-0.2, -0.15) is 0 Å². The van der Waals surface area contributed by atoms with Gasteiger partial charge in [0.05, 0.1) is 23.9 Å². The van der Waals surface area contributed by atoms with Crippen molar-refractivity contribution < 1.29 is 13.9 Å². The molecular formula is C24H20Cl3N3O3S. The standard InChI is InChI=1S/C24H20Cl3N3O3S/c25-16-11-15(12-17(26)13-16)22-5-2-19(33-22)3-6-23(31)29-24(34)28-18-1-4-21(20(27)14-18)30-7-9-32-10-8-30/h1-6,11-14H,7-10H2,(H2,28,29,31,34)/b6-3+. The Bertz CT molecular complexity index is 1220. The Morgan fingerprint density at radius 3 is 2.44 bits per heavy atom. The second-order valence-corrected chi connectivity index (χ2v) is 9.09. The lowest BCUT2D eigenvalue weighted by molar-refractivity contribution is -0.115. The lowest BCUT2D eigenvalue weighted by Gasteiger charge is -2.29. The Morgan fingerprint density at radius 2 is 1.74 bits per heavy atom. The first-order valence-corrected chi connectivity index (χ1v) is 11.9. The lowest BCUT2D eigenvalue weighted by atomic mass is 10.2. The van der Waals surface area contributed by atoms with Crippen molar-refractivity contribution in [3.63, 3.8) is 0 Å². The molecule has 0 aliphatic carbocycles. The highest BCUT2D eigenvalue weighted by Crippen LogP contribution is 2.30. The first-order chi connectivity index (χ1) is 16.4. The fraction of sp³-hybridized carbons (Fsp3) is 0.167. The molecule has 1 saturated heterocycles. The van der Waals surface area contributed by atoms with Crippen LogP contribution in [0.4, 0.5) is 11.4 Å². The number of nitrogens with zero attached hydrogens (tertiary/aromatic N) is 1. The smallest absolute Gasteiger partial charge is 0.250 e. The van der Waals surface area contributed by atoms with Gasteiger partial charge in [-0.05, 0) is 66.8 Å². The first kappa shape index (κ1) is 24.6. The van der Waals surface area contributed by atoms with Gasteiger partial charge in [-0.3, -0.25) is 10.1 Å². The van der Waals surface area contributed by atoms with Gasteiger partial charge >= 0.3 is 0 Å². The van der Waals surface area contributed by atoms with E-state index in [1.54, 1.807) is 42.5 Å². The average Bonchev–Trinajstić information content (AvgIpc) is 3.27. The van der Waals surface area contributed by atoms with Crippen LogP contribution in [-0.2, 0) is 9.53 Å². The van der Waals surface area contributed by atoms with E-state index in [1.807, 2.05) is 12.1 Å². The van der Waals surface area contributed by atoms with Gasteiger partial charge in [-0.1, -0.05) is 34.8 Å². The minimum absolute atomic E-state index is 0.151. The van der Waals surface area contributed by atoms with Crippen molar-refractivity contribution >= 4 is 75.5 Å². The number of carbonyl (C=O) groups excluding carboxylic acids is 1. The van der Waals surface area contributed by atoms with Gasteiger partial charge < -0.3 is 19.4 Å². The van der Waals surface area contributed by atoms with Gasteiger partial charge in [0.1, 0.15) is 11.5 Å². The van der Waals surface area contributed by atoms with Gasteiger partial charge in [-0.25, -0.2) is 0 Å². The van der Waals surface area contributed by atoms with Crippen molar-refractivity contribution in [1.29, 1.82) is 0 Å². The summed E-state index contributed by atoms with van der Waals surface area (Å²) in [6, 6.07) is 14.2. The lowest BCUT2D eigenvalue weighted by Crippen LogP contribution is -2.36. The van der Waals surface area contributed by atoms with Gasteiger partial charge in [0.25, 0.3) is 0 Å². The molecule has 0 atom stereocenters. The number of carbonyl (C=O) groups is 1. The molecule has 6 nitrogen and oxygen atoms in total. The zero-order valence-corrected chi connectivity index (χ0v) is 20.9. The van der Waals surface area contributed by atoms with E-state index >= 15 is 0 Å². The fourth-order valence-electron chi connectivity index (χ4n) is 3.41. The number of ether oxygens (including phenoxy) is 1. The van der Waals surface area contributed by atoms with Crippen LogP contribution in [0.5, 0.6) is 0 Å². The maximum absolute atomic E-state index is 12.3. The fourth-order valence-corrected chi connectivity index (χ4v) is 4.46. The van der Waals surface area contributed by atoms with Crippen molar-refractivity contribution in [3.8, 4) is 11.3 Å². The summed E-state index contributed by atoms with van der Waals surface area (Å²) < 4.78 is 11.1. The third-order valence-electron chi connectivity index (χ3n) is 4.97. The van der Waals surface area contributed by atoms with E-state index in [0.29, 0.717) is 45.5 Å². The summed E-state index contributed by atoms with van der Waals surface area (Å²) in [7, 11) is 0. The third-order valence-corrected chi connectivity index (χ3v) is 5.91. The molecule has 1 aliphatic rings. The molecule has 1 amide bonds. The summed E-state index contributed by atoms with van der Waals surface area (Å²) in [5.74, 6) is 0.668. The second kappa shape index (κ2) is 11.3. The highest BCUT2D eigenvalue weighted by atomic mass is 35.5. The molecule has 3 aromatic rings. The largest absolute Gasteiger partial charge is 0.457 e. The van der Waals surface area contributed by atoms with Gasteiger partial charge in [-0.15, -0.1) is 0 Å². The Kier molecular flexibility index (Phi) is 8.13. The van der Waals surface area contributed by atoms with Gasteiger partial charge in [0, 0.05) is 40.5 Å². The number of hydrogen-bond acceptors (Lipinski definition) is 5. The number of halogens is 3. The molecule has 1 fully saturated rings. The predicted octanol–water partition coefficient (Wildman–Crippen LogP) is 6.27. The molecule has 0 bridgehead atoms. The molecule has 0 unspecified atom stereocenters. The molecule has 2 N–H and O–H groups in total. The SMILES string of the molecule is O=C(/C=C/c1ccc(-c2cc(Cl)cc(Cl)c2)o1)NC(=S)Nc1ccc(N2CCOCC2)c(Cl)c1. The van der Waals surface area contributed by atoms with Crippen LogP contribution in [0, 0.1) is 0 Å². The first-order valence-electron chi connectivity index (χ1n) is 10.4. The zero-order chi connectivity index (χ0) is 24.1. The molecule has 34 heavy (non-hydrogen) atoms. The highest BCUT2D eigenvalue weighted by molar-refractivity contribution is 7.80. The molecule has 2 heterocycles. The quantitative estimate of drug-likeness (QED) is 0.296. The third kappa shape index (κ3) is 6.52. The molecule has 1 aliphatic heterocycles. The van der Waals surface area contributed by atoms with E-state index in [2.05, 4.69) is 15.5 Å². The van der Waals surface area contributed by atoms with Crippen LogP contribution < -0.4 is 15.5 Å². The van der Waals surface area contributed by atoms with Crippen LogP contribution in [0.25, 0.3) is 17.4 Å². The zero-order valence-electron chi connectivity index (χ0n) is 17.8. The number of thiocarbonyl (C=S) groups is 1. The van der Waals surface area contributed by atoms with Gasteiger partial charge in [0.2, 0.25) is 5.91 Å². The number of hydrogen-bond donors (Lipinski definition) is 2. The number of rotatable bonds is 5. The topological polar surface area (TPSA) is 66.7 Å². The number of nitrogens with one attached hydrogen (secondary N) is 2. The monoisotopic (exact) mass is 535 g/mol. The van der Waals surface area contributed by atoms with E-state index in [9.17, 15) is 4.79 Å². The molecule has 4 rings (SSSR count). The maximum atomic E-state index is 12.3. The summed E-state index contributed by atoms with van der Waals surface area (Å²) in [5.41, 5.74) is 2.35. The van der Waals surface area contributed by atoms with E-state index < -0.39 is 5.91 Å². The van der Waals surface area contributed by atoms with E-state index in [1.165, 1.54) is 6.08 Å². The van der Waals surface area contributed by atoms with Crippen molar-refractivity contribution in [2.75, 3.05) is 36.5 Å². The van der Waals surface area contributed by atoms with Crippen LogP contribution in [-0.4, -0.2) is 37.3 Å². The minimum atomic E-state index is -0.405. The summed E-state index contributed by atoms with van der Waals surface area (Å²) >= 11 is 23.8. The Labute approximate surface area is 217 Å². The molecule has 1 aromatic heterocycles. The molecule has 176 valence electrons. The van der Waals surface area contributed by atoms with Crippen molar-refractivity contribution in [1.82, 2.24) is 5.32 Å². The molecule has 10 heteroatoms.